The first-order chi connectivity index (χ1) is 9.52. The number of benzene rings is 1. The molecule has 0 N–H and O–H groups in total. The number of rotatable bonds is 4. The van der Waals surface area contributed by atoms with Crippen molar-refractivity contribution in [2.75, 3.05) is 6.61 Å². The van der Waals surface area contributed by atoms with Gasteiger partial charge in [0, 0.05) is 16.3 Å². The Bertz CT molecular complexity index is 635. The topological polar surface area (TPSA) is 44.1 Å². The predicted molar refractivity (Wildman–Crippen MR) is 78.4 cm³/mol. The molecule has 1 heterocycles. The van der Waals surface area contributed by atoms with Crippen molar-refractivity contribution in [3.63, 3.8) is 0 Å². The van der Waals surface area contributed by atoms with Crippen LogP contribution >= 0.6 is 11.6 Å². The Hall–Kier alpha value is -1.81. The minimum absolute atomic E-state index is 0.232. The van der Waals surface area contributed by atoms with Crippen molar-refractivity contribution in [1.29, 1.82) is 0 Å². The SMILES string of the molecule is CCOC(=O)Cc1c(C)nn(-c2cccc(Cl)c2)c1C. The Morgan fingerprint density at radius 3 is 2.80 bits per heavy atom. The first kappa shape index (κ1) is 14.6. The number of carbonyl (C=O) groups excluding carboxylic acids is 1. The summed E-state index contributed by atoms with van der Waals surface area (Å²) in [5, 5.41) is 5.14. The number of ether oxygens (including phenoxy) is 1. The maximum absolute atomic E-state index is 11.6. The number of nitrogens with zero attached hydrogens (tertiary/aromatic N) is 2. The summed E-state index contributed by atoms with van der Waals surface area (Å²) in [7, 11) is 0. The lowest BCUT2D eigenvalue weighted by atomic mass is 10.1. The van der Waals surface area contributed by atoms with E-state index in [1.54, 1.807) is 11.6 Å². The van der Waals surface area contributed by atoms with Crippen LogP contribution in [0.3, 0.4) is 0 Å². The normalized spacial score (nSPS) is 10.6. The molecule has 0 fully saturated rings. The van der Waals surface area contributed by atoms with Gasteiger partial charge >= 0.3 is 5.97 Å². The molecule has 2 aromatic rings. The second-order valence-corrected chi connectivity index (χ2v) is 4.96. The van der Waals surface area contributed by atoms with Crippen LogP contribution in [-0.2, 0) is 16.0 Å². The van der Waals surface area contributed by atoms with Crippen molar-refractivity contribution >= 4 is 17.6 Å². The lowest BCUT2D eigenvalue weighted by Crippen LogP contribution is -2.09. The van der Waals surface area contributed by atoms with E-state index in [0.29, 0.717) is 11.6 Å². The number of aromatic nitrogens is 2. The van der Waals surface area contributed by atoms with Gasteiger partial charge < -0.3 is 4.74 Å². The molecule has 0 aliphatic carbocycles. The third-order valence-corrected chi connectivity index (χ3v) is 3.36. The molecule has 0 spiro atoms. The molecule has 0 radical (unpaired) electrons. The van der Waals surface area contributed by atoms with Crippen molar-refractivity contribution in [1.82, 2.24) is 9.78 Å². The summed E-state index contributed by atoms with van der Waals surface area (Å²) in [6, 6.07) is 7.46. The second kappa shape index (κ2) is 6.09. The number of halogens is 1. The molecule has 0 unspecified atom stereocenters. The quantitative estimate of drug-likeness (QED) is 0.813. The van der Waals surface area contributed by atoms with Crippen LogP contribution in [0, 0.1) is 13.8 Å². The van der Waals surface area contributed by atoms with E-state index in [4.69, 9.17) is 16.3 Å². The highest BCUT2D eigenvalue weighted by molar-refractivity contribution is 6.30. The summed E-state index contributed by atoms with van der Waals surface area (Å²) >= 11 is 6.00. The molecule has 20 heavy (non-hydrogen) atoms. The van der Waals surface area contributed by atoms with Crippen LogP contribution < -0.4 is 0 Å². The lowest BCUT2D eigenvalue weighted by molar-refractivity contribution is -0.142. The summed E-state index contributed by atoms with van der Waals surface area (Å²) in [4.78, 5) is 11.6. The van der Waals surface area contributed by atoms with Crippen molar-refractivity contribution < 1.29 is 9.53 Å². The van der Waals surface area contributed by atoms with E-state index in [9.17, 15) is 4.79 Å². The Morgan fingerprint density at radius 2 is 2.15 bits per heavy atom. The minimum atomic E-state index is -0.232. The average Bonchev–Trinajstić information content (AvgIpc) is 2.67. The summed E-state index contributed by atoms with van der Waals surface area (Å²) in [6.07, 6.45) is 0.242. The van der Waals surface area contributed by atoms with Crippen LogP contribution in [0.2, 0.25) is 5.02 Å². The van der Waals surface area contributed by atoms with E-state index < -0.39 is 0 Å². The zero-order valence-electron chi connectivity index (χ0n) is 11.8. The van der Waals surface area contributed by atoms with Gasteiger partial charge in [0.25, 0.3) is 0 Å². The molecule has 0 aliphatic heterocycles. The molecule has 0 amide bonds. The van der Waals surface area contributed by atoms with E-state index in [1.165, 1.54) is 0 Å². The average molecular weight is 293 g/mol. The Morgan fingerprint density at radius 1 is 1.40 bits per heavy atom. The highest BCUT2D eigenvalue weighted by atomic mass is 35.5. The monoisotopic (exact) mass is 292 g/mol. The van der Waals surface area contributed by atoms with Gasteiger partial charge in [0.15, 0.2) is 0 Å². The third kappa shape index (κ3) is 3.02. The first-order valence-electron chi connectivity index (χ1n) is 6.49. The first-order valence-corrected chi connectivity index (χ1v) is 6.87. The van der Waals surface area contributed by atoms with E-state index >= 15 is 0 Å². The number of esters is 1. The van der Waals surface area contributed by atoms with E-state index in [1.807, 2.05) is 38.1 Å². The van der Waals surface area contributed by atoms with Crippen LogP contribution in [0.15, 0.2) is 24.3 Å². The molecule has 0 saturated carbocycles. The van der Waals surface area contributed by atoms with Crippen molar-refractivity contribution in [2.24, 2.45) is 0 Å². The van der Waals surface area contributed by atoms with Crippen molar-refractivity contribution in [3.05, 3.63) is 46.2 Å². The van der Waals surface area contributed by atoms with Gasteiger partial charge in [0.2, 0.25) is 0 Å². The van der Waals surface area contributed by atoms with Crippen LogP contribution in [-0.4, -0.2) is 22.4 Å². The van der Waals surface area contributed by atoms with Gasteiger partial charge in [-0.2, -0.15) is 5.10 Å². The maximum atomic E-state index is 11.6. The number of aryl methyl sites for hydroxylation is 1. The summed E-state index contributed by atoms with van der Waals surface area (Å²) in [6.45, 7) is 6.02. The molecule has 0 aliphatic rings. The highest BCUT2D eigenvalue weighted by Gasteiger charge is 2.16. The molecular weight excluding hydrogens is 276 g/mol. The van der Waals surface area contributed by atoms with Gasteiger partial charge in [0.05, 0.1) is 24.4 Å². The highest BCUT2D eigenvalue weighted by Crippen LogP contribution is 2.21. The Labute approximate surface area is 123 Å². The third-order valence-electron chi connectivity index (χ3n) is 3.12. The van der Waals surface area contributed by atoms with E-state index in [0.717, 1.165) is 22.6 Å². The van der Waals surface area contributed by atoms with Gasteiger partial charge in [-0.3, -0.25) is 4.79 Å². The molecule has 1 aromatic carbocycles. The van der Waals surface area contributed by atoms with Crippen LogP contribution in [0.5, 0.6) is 0 Å². The molecule has 2 rings (SSSR count). The molecule has 0 saturated heterocycles. The van der Waals surface area contributed by atoms with Crippen LogP contribution in [0.1, 0.15) is 23.9 Å². The Balaban J connectivity index is 2.36. The number of hydrogen-bond donors (Lipinski definition) is 0. The minimum Gasteiger partial charge on any atom is -0.466 e. The van der Waals surface area contributed by atoms with Crippen molar-refractivity contribution in [3.8, 4) is 5.69 Å². The van der Waals surface area contributed by atoms with E-state index in [2.05, 4.69) is 5.10 Å². The van der Waals surface area contributed by atoms with Crippen molar-refractivity contribution in [2.45, 2.75) is 27.2 Å². The predicted octanol–water partition coefficient (Wildman–Crippen LogP) is 3.25. The van der Waals surface area contributed by atoms with Gasteiger partial charge in [-0.1, -0.05) is 17.7 Å². The summed E-state index contributed by atoms with van der Waals surface area (Å²) < 4.78 is 6.79. The maximum Gasteiger partial charge on any atom is 0.310 e. The zero-order valence-corrected chi connectivity index (χ0v) is 12.6. The fraction of sp³-hybridized carbons (Fsp3) is 0.333. The molecule has 0 bridgehead atoms. The smallest absolute Gasteiger partial charge is 0.310 e. The zero-order chi connectivity index (χ0) is 14.7. The molecule has 1 aromatic heterocycles. The lowest BCUT2D eigenvalue weighted by Gasteiger charge is -2.06. The van der Waals surface area contributed by atoms with Gasteiger partial charge in [-0.15, -0.1) is 0 Å². The molecular formula is C15H17ClN2O2. The Kier molecular flexibility index (Phi) is 4.45. The number of hydrogen-bond acceptors (Lipinski definition) is 3. The van der Waals surface area contributed by atoms with Gasteiger partial charge in [-0.05, 0) is 39.0 Å². The van der Waals surface area contributed by atoms with Gasteiger partial charge in [-0.25, -0.2) is 4.68 Å². The van der Waals surface area contributed by atoms with Crippen LogP contribution in [0.25, 0.3) is 5.69 Å². The van der Waals surface area contributed by atoms with Crippen LogP contribution in [0.4, 0.5) is 0 Å². The molecule has 0 atom stereocenters. The summed E-state index contributed by atoms with van der Waals surface area (Å²) in [5.41, 5.74) is 3.55. The fourth-order valence-corrected chi connectivity index (χ4v) is 2.33. The van der Waals surface area contributed by atoms with E-state index in [-0.39, 0.29) is 12.4 Å². The second-order valence-electron chi connectivity index (χ2n) is 4.52. The van der Waals surface area contributed by atoms with Gasteiger partial charge in [0.1, 0.15) is 0 Å². The molecule has 4 nitrogen and oxygen atoms in total. The largest absolute Gasteiger partial charge is 0.466 e. The summed E-state index contributed by atoms with van der Waals surface area (Å²) in [5.74, 6) is -0.232. The standard InChI is InChI=1S/C15H17ClN2O2/c1-4-20-15(19)9-14-10(2)17-18(11(14)3)13-7-5-6-12(16)8-13/h5-8H,4,9H2,1-3H3. The number of carbonyl (C=O) groups is 1. The molecule has 106 valence electrons. The fourth-order valence-electron chi connectivity index (χ4n) is 2.15. The molecule has 5 heteroatoms.